The summed E-state index contributed by atoms with van der Waals surface area (Å²) in [6.07, 6.45) is 1.26. The van der Waals surface area contributed by atoms with Crippen LogP contribution in [0.15, 0.2) is 109 Å². The first-order valence-electron chi connectivity index (χ1n) is 14.9. The van der Waals surface area contributed by atoms with Gasteiger partial charge < -0.3 is 15.0 Å². The van der Waals surface area contributed by atoms with Gasteiger partial charge in [-0.1, -0.05) is 90.5 Å². The molecule has 0 fully saturated rings. The van der Waals surface area contributed by atoms with Crippen molar-refractivity contribution in [2.45, 2.75) is 51.9 Å². The number of ether oxygens (including phenoxy) is 1. The lowest BCUT2D eigenvalue weighted by molar-refractivity contribution is -0.140. The van der Waals surface area contributed by atoms with Crippen molar-refractivity contribution in [3.63, 3.8) is 0 Å². The molecular formula is C36H40ClN3O5S. The molecule has 0 aliphatic rings. The van der Waals surface area contributed by atoms with Crippen molar-refractivity contribution in [3.8, 4) is 5.75 Å². The van der Waals surface area contributed by atoms with Crippen molar-refractivity contribution in [2.75, 3.05) is 17.1 Å². The number of amides is 2. The highest BCUT2D eigenvalue weighted by Gasteiger charge is 2.34. The summed E-state index contributed by atoms with van der Waals surface area (Å²) in [5.74, 6) is -0.364. The first-order chi connectivity index (χ1) is 21.8. The number of carbonyl (C=O) groups is 2. The van der Waals surface area contributed by atoms with Gasteiger partial charge >= 0.3 is 0 Å². The van der Waals surface area contributed by atoms with Crippen LogP contribution < -0.4 is 14.4 Å². The van der Waals surface area contributed by atoms with E-state index in [1.54, 1.807) is 48.5 Å². The summed E-state index contributed by atoms with van der Waals surface area (Å²) in [5, 5.41) is 3.44. The van der Waals surface area contributed by atoms with Crippen LogP contribution in [-0.4, -0.2) is 49.5 Å². The minimum Gasteiger partial charge on any atom is -0.489 e. The third-order valence-electron chi connectivity index (χ3n) is 7.12. The van der Waals surface area contributed by atoms with Gasteiger partial charge in [-0.2, -0.15) is 0 Å². The number of hydrogen-bond acceptors (Lipinski definition) is 5. The van der Waals surface area contributed by atoms with Crippen LogP contribution in [-0.2, 0) is 39.2 Å². The van der Waals surface area contributed by atoms with Gasteiger partial charge in [0.1, 0.15) is 24.9 Å². The smallest absolute Gasteiger partial charge is 0.244 e. The summed E-state index contributed by atoms with van der Waals surface area (Å²) in [6.45, 7) is 5.42. The van der Waals surface area contributed by atoms with Crippen LogP contribution in [0.5, 0.6) is 5.75 Å². The van der Waals surface area contributed by atoms with Gasteiger partial charge in [0, 0.05) is 23.5 Å². The standard InChI is InChI=1S/C36H40ClN3O5S/c1-36(2,3)38-35(42)33(23-27-13-7-5-8-14-27)39(24-29-17-11-12-18-32(29)37)34(41)25-40(46(4,43)44)30-19-21-31(22-20-30)45-26-28-15-9-6-10-16-28/h5-22,33H,23-26H2,1-4H3,(H,38,42)/t33-/m1/s1. The SMILES string of the molecule is CC(C)(C)NC(=O)[C@@H](Cc1ccccc1)N(Cc1ccccc1Cl)C(=O)CN(c1ccc(OCc2ccccc2)cc1)S(C)(=O)=O. The number of anilines is 1. The number of rotatable bonds is 13. The van der Waals surface area contributed by atoms with Crippen molar-refractivity contribution >= 4 is 39.1 Å². The van der Waals surface area contributed by atoms with E-state index >= 15 is 0 Å². The molecule has 1 atom stereocenters. The van der Waals surface area contributed by atoms with Crippen LogP contribution in [0, 0.1) is 0 Å². The van der Waals surface area contributed by atoms with Crippen LogP contribution in [0.2, 0.25) is 5.02 Å². The Morgan fingerprint density at radius 2 is 1.39 bits per heavy atom. The zero-order chi connectivity index (χ0) is 33.3. The van der Waals surface area contributed by atoms with Crippen LogP contribution in [0.3, 0.4) is 0 Å². The third kappa shape index (κ3) is 10.1. The third-order valence-corrected chi connectivity index (χ3v) is 8.63. The molecule has 0 aliphatic carbocycles. The zero-order valence-electron chi connectivity index (χ0n) is 26.5. The summed E-state index contributed by atoms with van der Waals surface area (Å²) in [5.41, 5.74) is 2.19. The molecule has 10 heteroatoms. The van der Waals surface area contributed by atoms with Crippen molar-refractivity contribution in [3.05, 3.63) is 131 Å². The topological polar surface area (TPSA) is 96.0 Å². The highest BCUT2D eigenvalue weighted by molar-refractivity contribution is 7.92. The van der Waals surface area contributed by atoms with E-state index < -0.39 is 34.1 Å². The Morgan fingerprint density at radius 3 is 1.96 bits per heavy atom. The largest absolute Gasteiger partial charge is 0.489 e. The molecule has 0 aliphatic heterocycles. The van der Waals surface area contributed by atoms with E-state index in [-0.39, 0.29) is 18.9 Å². The Labute approximate surface area is 277 Å². The summed E-state index contributed by atoms with van der Waals surface area (Å²) in [6, 6.07) is 31.7. The van der Waals surface area contributed by atoms with E-state index in [1.807, 2.05) is 81.4 Å². The zero-order valence-corrected chi connectivity index (χ0v) is 28.1. The summed E-state index contributed by atoms with van der Waals surface area (Å²) >= 11 is 6.52. The maximum atomic E-state index is 14.3. The maximum Gasteiger partial charge on any atom is 0.244 e. The number of hydrogen-bond donors (Lipinski definition) is 1. The number of carbonyl (C=O) groups excluding carboxylic acids is 2. The second kappa shape index (κ2) is 15.3. The summed E-state index contributed by atoms with van der Waals surface area (Å²) in [7, 11) is -3.91. The Morgan fingerprint density at radius 1 is 0.826 bits per heavy atom. The lowest BCUT2D eigenvalue weighted by atomic mass is 10.0. The van der Waals surface area contributed by atoms with Crippen molar-refractivity contribution in [2.24, 2.45) is 0 Å². The van der Waals surface area contributed by atoms with Gasteiger partial charge in [-0.3, -0.25) is 13.9 Å². The number of sulfonamides is 1. The molecule has 0 unspecified atom stereocenters. The quantitative estimate of drug-likeness (QED) is 0.183. The lowest BCUT2D eigenvalue weighted by Gasteiger charge is -2.35. The van der Waals surface area contributed by atoms with E-state index in [0.717, 1.165) is 21.7 Å². The van der Waals surface area contributed by atoms with Gasteiger partial charge in [0.05, 0.1) is 11.9 Å². The van der Waals surface area contributed by atoms with Gasteiger partial charge in [0.15, 0.2) is 0 Å². The molecule has 4 aromatic rings. The molecule has 0 saturated carbocycles. The molecular weight excluding hydrogens is 622 g/mol. The van der Waals surface area contributed by atoms with Gasteiger partial charge in [-0.25, -0.2) is 8.42 Å². The van der Waals surface area contributed by atoms with Gasteiger partial charge in [-0.05, 0) is 67.8 Å². The molecule has 8 nitrogen and oxygen atoms in total. The summed E-state index contributed by atoms with van der Waals surface area (Å²) < 4.78 is 33.1. The van der Waals surface area contributed by atoms with Crippen molar-refractivity contribution < 1.29 is 22.7 Å². The van der Waals surface area contributed by atoms with E-state index in [9.17, 15) is 18.0 Å². The minimum absolute atomic E-state index is 0.00254. The molecule has 0 saturated heterocycles. The normalized spacial score (nSPS) is 12.2. The van der Waals surface area contributed by atoms with E-state index in [0.29, 0.717) is 28.6 Å². The maximum absolute atomic E-state index is 14.3. The highest BCUT2D eigenvalue weighted by atomic mass is 35.5. The van der Waals surface area contributed by atoms with Crippen LogP contribution in [0.25, 0.3) is 0 Å². The first kappa shape index (κ1) is 34.5. The Balaban J connectivity index is 1.66. The molecule has 4 aromatic carbocycles. The van der Waals surface area contributed by atoms with Gasteiger partial charge in [-0.15, -0.1) is 0 Å². The fraction of sp³-hybridized carbons (Fsp3) is 0.278. The Hall–Kier alpha value is -4.34. The molecule has 46 heavy (non-hydrogen) atoms. The van der Waals surface area contributed by atoms with E-state index in [4.69, 9.17) is 16.3 Å². The molecule has 0 heterocycles. The van der Waals surface area contributed by atoms with Gasteiger partial charge in [0.2, 0.25) is 21.8 Å². The molecule has 1 N–H and O–H groups in total. The molecule has 242 valence electrons. The highest BCUT2D eigenvalue weighted by Crippen LogP contribution is 2.25. The predicted molar refractivity (Wildman–Crippen MR) is 183 cm³/mol. The molecule has 0 aromatic heterocycles. The minimum atomic E-state index is -3.91. The van der Waals surface area contributed by atoms with Crippen LogP contribution in [0.1, 0.15) is 37.5 Å². The number of halogens is 1. The number of nitrogens with one attached hydrogen (secondary N) is 1. The second-order valence-electron chi connectivity index (χ2n) is 12.1. The molecule has 2 amide bonds. The number of nitrogens with zero attached hydrogens (tertiary/aromatic N) is 2. The van der Waals surface area contributed by atoms with Crippen molar-refractivity contribution in [1.82, 2.24) is 10.2 Å². The average Bonchev–Trinajstić information content (AvgIpc) is 3.01. The molecule has 0 bridgehead atoms. The monoisotopic (exact) mass is 661 g/mol. The number of benzene rings is 4. The van der Waals surface area contributed by atoms with Crippen LogP contribution >= 0.6 is 11.6 Å². The molecule has 0 spiro atoms. The van der Waals surface area contributed by atoms with E-state index in [2.05, 4.69) is 5.32 Å². The lowest BCUT2D eigenvalue weighted by Crippen LogP contribution is -2.56. The predicted octanol–water partition coefficient (Wildman–Crippen LogP) is 6.24. The Kier molecular flexibility index (Phi) is 11.5. The molecule has 4 rings (SSSR count). The first-order valence-corrected chi connectivity index (χ1v) is 17.2. The fourth-order valence-corrected chi connectivity index (χ4v) is 5.93. The fourth-order valence-electron chi connectivity index (χ4n) is 4.88. The molecule has 0 radical (unpaired) electrons. The van der Waals surface area contributed by atoms with Gasteiger partial charge in [0.25, 0.3) is 0 Å². The van der Waals surface area contributed by atoms with Crippen molar-refractivity contribution in [1.29, 1.82) is 0 Å². The van der Waals surface area contributed by atoms with E-state index in [1.165, 1.54) is 4.90 Å². The second-order valence-corrected chi connectivity index (χ2v) is 14.4. The Bertz CT molecular complexity index is 1710. The van der Waals surface area contributed by atoms with Crippen LogP contribution in [0.4, 0.5) is 5.69 Å². The summed E-state index contributed by atoms with van der Waals surface area (Å²) in [4.78, 5) is 29.6. The average molecular weight is 662 g/mol.